The third-order valence-corrected chi connectivity index (χ3v) is 4.09. The van der Waals surface area contributed by atoms with E-state index in [1.54, 1.807) is 24.3 Å². The van der Waals surface area contributed by atoms with Gasteiger partial charge in [0.15, 0.2) is 5.11 Å². The molecule has 0 saturated carbocycles. The highest BCUT2D eigenvalue weighted by molar-refractivity contribution is 7.80. The van der Waals surface area contributed by atoms with E-state index in [4.69, 9.17) is 12.2 Å². The Morgan fingerprint density at radius 2 is 1.31 bits per heavy atom. The number of carbonyl (C=O) groups excluding carboxylic acids is 1. The van der Waals surface area contributed by atoms with E-state index in [1.807, 2.05) is 30.3 Å². The summed E-state index contributed by atoms with van der Waals surface area (Å²) in [5.74, 6) is -0.513. The van der Waals surface area contributed by atoms with Crippen LogP contribution in [0.5, 0.6) is 0 Å². The van der Waals surface area contributed by atoms with Crippen LogP contribution in [0.15, 0.2) is 78.9 Å². The van der Waals surface area contributed by atoms with Crippen LogP contribution >= 0.6 is 12.2 Å². The van der Waals surface area contributed by atoms with Crippen molar-refractivity contribution in [3.63, 3.8) is 0 Å². The summed E-state index contributed by atoms with van der Waals surface area (Å²) in [5, 5.41) is 8.87. The quantitative estimate of drug-likeness (QED) is 0.474. The Kier molecular flexibility index (Phi) is 6.13. The highest BCUT2D eigenvalue weighted by atomic mass is 32.1. The molecular weight excluding hydrogens is 399 g/mol. The minimum Gasteiger partial charge on any atom is -0.332 e. The topological polar surface area (TPSA) is 53.2 Å². The van der Waals surface area contributed by atoms with Crippen molar-refractivity contribution in [1.82, 2.24) is 0 Å². The van der Waals surface area contributed by atoms with E-state index >= 15 is 0 Å². The lowest BCUT2D eigenvalue weighted by molar-refractivity contribution is -0.137. The maximum Gasteiger partial charge on any atom is 0.416 e. The number of nitrogens with one attached hydrogen (secondary N) is 3. The van der Waals surface area contributed by atoms with Crippen LogP contribution in [0.25, 0.3) is 0 Å². The molecular formula is C21H16F3N3OS. The molecule has 0 heterocycles. The van der Waals surface area contributed by atoms with Gasteiger partial charge >= 0.3 is 6.18 Å². The zero-order valence-corrected chi connectivity index (χ0v) is 15.8. The second-order valence-electron chi connectivity index (χ2n) is 6.06. The predicted molar refractivity (Wildman–Crippen MR) is 112 cm³/mol. The van der Waals surface area contributed by atoms with Crippen LogP contribution in [-0.4, -0.2) is 11.0 Å². The SMILES string of the molecule is O=C(Nc1cccc(C(F)(F)F)c1)c1ccc(NC(=S)Nc2ccccc2)cc1. The Morgan fingerprint density at radius 1 is 0.724 bits per heavy atom. The van der Waals surface area contributed by atoms with E-state index in [0.29, 0.717) is 16.4 Å². The molecule has 29 heavy (non-hydrogen) atoms. The molecule has 0 aromatic heterocycles. The minimum absolute atomic E-state index is 0.0697. The molecule has 0 bridgehead atoms. The number of rotatable bonds is 4. The molecule has 3 aromatic carbocycles. The van der Waals surface area contributed by atoms with E-state index in [2.05, 4.69) is 16.0 Å². The Morgan fingerprint density at radius 3 is 1.93 bits per heavy atom. The first-order chi connectivity index (χ1) is 13.8. The predicted octanol–water partition coefficient (Wildman–Crippen LogP) is 5.77. The number of hydrogen-bond acceptors (Lipinski definition) is 2. The number of para-hydroxylation sites is 1. The molecule has 0 spiro atoms. The van der Waals surface area contributed by atoms with Gasteiger partial charge in [0.1, 0.15) is 0 Å². The van der Waals surface area contributed by atoms with Gasteiger partial charge in [0.25, 0.3) is 5.91 Å². The number of anilines is 3. The maximum absolute atomic E-state index is 12.8. The second kappa shape index (κ2) is 8.74. The van der Waals surface area contributed by atoms with Crippen molar-refractivity contribution in [2.75, 3.05) is 16.0 Å². The van der Waals surface area contributed by atoms with Gasteiger partial charge in [-0.15, -0.1) is 0 Å². The van der Waals surface area contributed by atoms with Gasteiger partial charge in [-0.05, 0) is 66.8 Å². The summed E-state index contributed by atoms with van der Waals surface area (Å²) in [4.78, 5) is 12.3. The molecule has 0 unspecified atom stereocenters. The number of carbonyl (C=O) groups is 1. The summed E-state index contributed by atoms with van der Waals surface area (Å²) in [7, 11) is 0. The van der Waals surface area contributed by atoms with Crippen molar-refractivity contribution in [1.29, 1.82) is 0 Å². The lowest BCUT2D eigenvalue weighted by Gasteiger charge is -2.12. The molecule has 8 heteroatoms. The van der Waals surface area contributed by atoms with Crippen LogP contribution in [0.1, 0.15) is 15.9 Å². The first kappa shape index (κ1) is 20.3. The average molecular weight is 415 g/mol. The van der Waals surface area contributed by atoms with Gasteiger partial charge in [0.2, 0.25) is 0 Å². The fourth-order valence-corrected chi connectivity index (χ4v) is 2.73. The summed E-state index contributed by atoms with van der Waals surface area (Å²) in [6, 6.07) is 20.3. The molecule has 3 rings (SSSR count). The van der Waals surface area contributed by atoms with Crippen molar-refractivity contribution in [2.45, 2.75) is 6.18 Å². The minimum atomic E-state index is -4.47. The van der Waals surface area contributed by atoms with Crippen LogP contribution in [-0.2, 0) is 6.18 Å². The molecule has 3 aromatic rings. The number of thiocarbonyl (C=S) groups is 1. The van der Waals surface area contributed by atoms with Crippen molar-refractivity contribution in [3.8, 4) is 0 Å². The van der Waals surface area contributed by atoms with Crippen molar-refractivity contribution < 1.29 is 18.0 Å². The molecule has 1 amide bonds. The highest BCUT2D eigenvalue weighted by Gasteiger charge is 2.30. The van der Waals surface area contributed by atoms with Crippen LogP contribution in [0.2, 0.25) is 0 Å². The lowest BCUT2D eigenvalue weighted by atomic mass is 10.1. The Balaban J connectivity index is 1.61. The molecule has 0 saturated heterocycles. The number of alkyl halides is 3. The number of amides is 1. The highest BCUT2D eigenvalue weighted by Crippen LogP contribution is 2.30. The second-order valence-corrected chi connectivity index (χ2v) is 6.46. The average Bonchev–Trinajstić information content (AvgIpc) is 2.69. The van der Waals surface area contributed by atoms with E-state index < -0.39 is 17.6 Å². The largest absolute Gasteiger partial charge is 0.416 e. The van der Waals surface area contributed by atoms with E-state index in [0.717, 1.165) is 17.8 Å². The van der Waals surface area contributed by atoms with E-state index in [1.165, 1.54) is 12.1 Å². The molecule has 0 aliphatic carbocycles. The first-order valence-corrected chi connectivity index (χ1v) is 8.94. The normalized spacial score (nSPS) is 10.9. The zero-order chi connectivity index (χ0) is 20.9. The van der Waals surface area contributed by atoms with Crippen LogP contribution in [0.3, 0.4) is 0 Å². The van der Waals surface area contributed by atoms with Crippen molar-refractivity contribution >= 4 is 40.3 Å². The van der Waals surface area contributed by atoms with Crippen LogP contribution in [0, 0.1) is 0 Å². The van der Waals surface area contributed by atoms with Gasteiger partial charge in [-0.25, -0.2) is 0 Å². The number of benzene rings is 3. The number of halogens is 3. The van der Waals surface area contributed by atoms with Crippen molar-refractivity contribution in [3.05, 3.63) is 90.0 Å². The fourth-order valence-electron chi connectivity index (χ4n) is 2.50. The summed E-state index contributed by atoms with van der Waals surface area (Å²) in [6.45, 7) is 0. The molecule has 0 fully saturated rings. The third-order valence-electron chi connectivity index (χ3n) is 3.88. The maximum atomic E-state index is 12.8. The Bertz CT molecular complexity index is 1010. The third kappa shape index (κ3) is 5.79. The Labute approximate surface area is 170 Å². The van der Waals surface area contributed by atoms with Gasteiger partial charge in [0.05, 0.1) is 5.56 Å². The molecule has 0 aliphatic heterocycles. The van der Waals surface area contributed by atoms with Gasteiger partial charge in [-0.3, -0.25) is 4.79 Å². The zero-order valence-electron chi connectivity index (χ0n) is 15.0. The molecule has 0 radical (unpaired) electrons. The van der Waals surface area contributed by atoms with Crippen molar-refractivity contribution in [2.24, 2.45) is 0 Å². The molecule has 3 N–H and O–H groups in total. The van der Waals surface area contributed by atoms with Crippen LogP contribution < -0.4 is 16.0 Å². The fraction of sp³-hybridized carbons (Fsp3) is 0.0476. The molecule has 4 nitrogen and oxygen atoms in total. The van der Waals surface area contributed by atoms with E-state index in [-0.39, 0.29) is 5.69 Å². The summed E-state index contributed by atoms with van der Waals surface area (Å²) < 4.78 is 38.3. The monoisotopic (exact) mass is 415 g/mol. The van der Waals surface area contributed by atoms with Gasteiger partial charge in [0, 0.05) is 22.6 Å². The van der Waals surface area contributed by atoms with Gasteiger partial charge in [-0.2, -0.15) is 13.2 Å². The summed E-state index contributed by atoms with van der Waals surface area (Å²) >= 11 is 5.24. The first-order valence-electron chi connectivity index (χ1n) is 8.53. The lowest BCUT2D eigenvalue weighted by Crippen LogP contribution is -2.19. The standard InChI is InChI=1S/C21H16F3N3OS/c22-21(23,24)15-5-4-8-18(13-15)25-19(28)14-9-11-17(12-10-14)27-20(29)26-16-6-2-1-3-7-16/h1-13H,(H,25,28)(H2,26,27,29). The molecule has 148 valence electrons. The summed E-state index contributed by atoms with van der Waals surface area (Å²) in [5.41, 5.74) is 1.04. The van der Waals surface area contributed by atoms with Gasteiger partial charge in [-0.1, -0.05) is 24.3 Å². The summed E-state index contributed by atoms with van der Waals surface area (Å²) in [6.07, 6.45) is -4.47. The number of hydrogen-bond donors (Lipinski definition) is 3. The van der Waals surface area contributed by atoms with Crippen LogP contribution in [0.4, 0.5) is 30.2 Å². The van der Waals surface area contributed by atoms with E-state index in [9.17, 15) is 18.0 Å². The van der Waals surface area contributed by atoms with Gasteiger partial charge < -0.3 is 16.0 Å². The Hall–Kier alpha value is -3.39. The smallest absolute Gasteiger partial charge is 0.332 e. The molecule has 0 atom stereocenters. The molecule has 0 aliphatic rings.